The second kappa shape index (κ2) is 4.62. The Morgan fingerprint density at radius 1 is 1.39 bits per heavy atom. The minimum absolute atomic E-state index is 0.118. The second-order valence-electron chi connectivity index (χ2n) is 3.47. The molecule has 2 rings (SSSR count). The van der Waals surface area contributed by atoms with Crippen molar-refractivity contribution in [3.8, 4) is 0 Å². The number of nitro groups is 1. The summed E-state index contributed by atoms with van der Waals surface area (Å²) in [6.07, 6.45) is 1.18. The van der Waals surface area contributed by atoms with Crippen molar-refractivity contribution in [1.29, 1.82) is 0 Å². The Bertz CT molecular complexity index is 555. The van der Waals surface area contributed by atoms with Crippen LogP contribution in [-0.2, 0) is 4.79 Å². The number of nitrogens with zero attached hydrogens (tertiary/aromatic N) is 3. The molecule has 1 fully saturated rings. The minimum atomic E-state index is -0.644. The standard InChI is InChI=1S/C10H8N4O4/c15-9-6-13(10(16)12-9)11-5-7-3-1-2-4-8(7)14(17)18/h1-5H,6H2,(H,12,15,16)/b11-5-. The Morgan fingerprint density at radius 3 is 2.72 bits per heavy atom. The first-order valence-electron chi connectivity index (χ1n) is 4.96. The van der Waals surface area contributed by atoms with Crippen LogP contribution in [0.1, 0.15) is 5.56 Å². The SMILES string of the molecule is O=C1CN(/N=C\c2ccccc2[N+](=O)[O-])C(=O)N1. The third kappa shape index (κ3) is 2.32. The molecule has 1 aliphatic rings. The average molecular weight is 248 g/mol. The molecular weight excluding hydrogens is 240 g/mol. The van der Waals surface area contributed by atoms with E-state index in [2.05, 4.69) is 5.10 Å². The van der Waals surface area contributed by atoms with Gasteiger partial charge < -0.3 is 0 Å². The number of rotatable bonds is 3. The van der Waals surface area contributed by atoms with Crippen molar-refractivity contribution < 1.29 is 14.5 Å². The smallest absolute Gasteiger partial charge is 0.275 e. The van der Waals surface area contributed by atoms with Gasteiger partial charge in [-0.15, -0.1) is 0 Å². The van der Waals surface area contributed by atoms with Gasteiger partial charge in [-0.05, 0) is 6.07 Å². The Hall–Kier alpha value is -2.77. The fraction of sp³-hybridized carbons (Fsp3) is 0.100. The Balaban J connectivity index is 2.21. The molecule has 0 aliphatic carbocycles. The van der Waals surface area contributed by atoms with Crippen LogP contribution in [0.3, 0.4) is 0 Å². The number of para-hydroxylation sites is 1. The van der Waals surface area contributed by atoms with E-state index in [0.717, 1.165) is 5.01 Å². The van der Waals surface area contributed by atoms with E-state index >= 15 is 0 Å². The molecule has 0 aromatic heterocycles. The molecule has 0 bridgehead atoms. The minimum Gasteiger partial charge on any atom is -0.275 e. The highest BCUT2D eigenvalue weighted by Gasteiger charge is 2.26. The Kier molecular flexibility index (Phi) is 3.00. The number of hydrogen-bond donors (Lipinski definition) is 1. The zero-order valence-corrected chi connectivity index (χ0v) is 9.07. The molecule has 18 heavy (non-hydrogen) atoms. The predicted octanol–water partition coefficient (Wildman–Crippen LogP) is 0.480. The van der Waals surface area contributed by atoms with E-state index in [1.54, 1.807) is 6.07 Å². The summed E-state index contributed by atoms with van der Waals surface area (Å²) in [5.74, 6) is -0.459. The molecule has 92 valence electrons. The number of benzene rings is 1. The van der Waals surface area contributed by atoms with Gasteiger partial charge in [0, 0.05) is 6.07 Å². The van der Waals surface area contributed by atoms with Crippen LogP contribution in [0, 0.1) is 10.1 Å². The van der Waals surface area contributed by atoms with Crippen LogP contribution in [0.4, 0.5) is 10.5 Å². The lowest BCUT2D eigenvalue weighted by atomic mass is 10.2. The number of nitro benzene ring substituents is 1. The van der Waals surface area contributed by atoms with Crippen molar-refractivity contribution in [3.63, 3.8) is 0 Å². The molecule has 0 radical (unpaired) electrons. The maximum atomic E-state index is 11.2. The van der Waals surface area contributed by atoms with Gasteiger partial charge in [0.2, 0.25) is 5.91 Å². The van der Waals surface area contributed by atoms with Crippen molar-refractivity contribution in [2.75, 3.05) is 6.54 Å². The summed E-state index contributed by atoms with van der Waals surface area (Å²) in [6, 6.07) is 5.33. The summed E-state index contributed by atoms with van der Waals surface area (Å²) in [7, 11) is 0. The number of nitrogens with one attached hydrogen (secondary N) is 1. The van der Waals surface area contributed by atoms with Crippen molar-refractivity contribution >= 4 is 23.8 Å². The molecule has 1 N–H and O–H groups in total. The first-order valence-corrected chi connectivity index (χ1v) is 4.96. The lowest BCUT2D eigenvalue weighted by molar-refractivity contribution is -0.385. The topological polar surface area (TPSA) is 105 Å². The highest BCUT2D eigenvalue weighted by Crippen LogP contribution is 2.15. The average Bonchev–Trinajstić information content (AvgIpc) is 2.65. The number of amides is 3. The van der Waals surface area contributed by atoms with E-state index < -0.39 is 16.9 Å². The number of carbonyl (C=O) groups excluding carboxylic acids is 2. The summed E-state index contributed by atoms with van der Waals surface area (Å²) < 4.78 is 0. The van der Waals surface area contributed by atoms with E-state index in [1.807, 2.05) is 5.32 Å². The van der Waals surface area contributed by atoms with Gasteiger partial charge in [-0.25, -0.2) is 9.80 Å². The Morgan fingerprint density at radius 2 is 2.11 bits per heavy atom. The summed E-state index contributed by atoms with van der Waals surface area (Å²) in [6.45, 7) is -0.185. The first-order chi connectivity index (χ1) is 8.58. The van der Waals surface area contributed by atoms with Crippen molar-refractivity contribution in [2.45, 2.75) is 0 Å². The number of hydrazone groups is 1. The summed E-state index contributed by atoms with van der Waals surface area (Å²) in [4.78, 5) is 32.3. The van der Waals surface area contributed by atoms with E-state index in [0.29, 0.717) is 0 Å². The van der Waals surface area contributed by atoms with Crippen LogP contribution in [0.2, 0.25) is 0 Å². The third-order valence-corrected chi connectivity index (χ3v) is 2.24. The third-order valence-electron chi connectivity index (χ3n) is 2.24. The van der Waals surface area contributed by atoms with Crippen LogP contribution >= 0.6 is 0 Å². The molecule has 1 aromatic carbocycles. The van der Waals surface area contributed by atoms with Gasteiger partial charge in [0.25, 0.3) is 5.69 Å². The van der Waals surface area contributed by atoms with Gasteiger partial charge in [0.1, 0.15) is 6.54 Å². The predicted molar refractivity (Wildman–Crippen MR) is 60.9 cm³/mol. The van der Waals surface area contributed by atoms with Gasteiger partial charge >= 0.3 is 6.03 Å². The Labute approximate surface area is 101 Å². The van der Waals surface area contributed by atoms with Crippen molar-refractivity contribution in [3.05, 3.63) is 39.9 Å². The van der Waals surface area contributed by atoms with E-state index in [9.17, 15) is 19.7 Å². The zero-order valence-electron chi connectivity index (χ0n) is 9.07. The normalized spacial score (nSPS) is 15.2. The van der Waals surface area contributed by atoms with Gasteiger partial charge in [-0.1, -0.05) is 12.1 Å². The number of carbonyl (C=O) groups is 2. The van der Waals surface area contributed by atoms with Crippen LogP contribution in [0.25, 0.3) is 0 Å². The maximum Gasteiger partial charge on any atom is 0.344 e. The molecule has 1 heterocycles. The molecule has 0 atom stereocenters. The van der Waals surface area contributed by atoms with Crippen molar-refractivity contribution in [1.82, 2.24) is 10.3 Å². The molecule has 0 spiro atoms. The zero-order chi connectivity index (χ0) is 13.1. The monoisotopic (exact) mass is 248 g/mol. The molecule has 1 aromatic rings. The van der Waals surface area contributed by atoms with Gasteiger partial charge in [-0.2, -0.15) is 5.10 Å². The summed E-state index contributed by atoms with van der Waals surface area (Å²) in [5, 5.41) is 17.4. The molecule has 0 saturated carbocycles. The number of urea groups is 1. The van der Waals surface area contributed by atoms with Crippen LogP contribution in [-0.4, -0.2) is 34.6 Å². The largest absolute Gasteiger partial charge is 0.344 e. The molecule has 1 saturated heterocycles. The highest BCUT2D eigenvalue weighted by atomic mass is 16.6. The molecule has 3 amide bonds. The number of imide groups is 1. The maximum absolute atomic E-state index is 11.2. The number of hydrogen-bond acceptors (Lipinski definition) is 5. The summed E-state index contributed by atoms with van der Waals surface area (Å²) >= 11 is 0. The quantitative estimate of drug-likeness (QED) is 0.363. The second-order valence-corrected chi connectivity index (χ2v) is 3.47. The highest BCUT2D eigenvalue weighted by molar-refractivity contribution is 6.02. The van der Waals surface area contributed by atoms with Crippen LogP contribution < -0.4 is 5.32 Å². The van der Waals surface area contributed by atoms with E-state index in [-0.39, 0.29) is 17.8 Å². The molecule has 0 unspecified atom stereocenters. The summed E-state index contributed by atoms with van der Waals surface area (Å²) in [5.41, 5.74) is 0.141. The van der Waals surface area contributed by atoms with E-state index in [4.69, 9.17) is 0 Å². The molecule has 1 aliphatic heterocycles. The van der Waals surface area contributed by atoms with E-state index in [1.165, 1.54) is 24.4 Å². The lowest BCUT2D eigenvalue weighted by Gasteiger charge is -2.04. The van der Waals surface area contributed by atoms with Gasteiger partial charge in [0.05, 0.1) is 16.7 Å². The first kappa shape index (κ1) is 11.7. The van der Waals surface area contributed by atoms with Crippen LogP contribution in [0.15, 0.2) is 29.4 Å². The fourth-order valence-corrected chi connectivity index (χ4v) is 1.42. The molecular formula is C10H8N4O4. The van der Waals surface area contributed by atoms with Gasteiger partial charge in [0.15, 0.2) is 0 Å². The lowest BCUT2D eigenvalue weighted by Crippen LogP contribution is -2.24. The molecule has 8 nitrogen and oxygen atoms in total. The van der Waals surface area contributed by atoms with Crippen molar-refractivity contribution in [2.24, 2.45) is 5.10 Å². The van der Waals surface area contributed by atoms with Gasteiger partial charge in [-0.3, -0.25) is 20.2 Å². The fourth-order valence-electron chi connectivity index (χ4n) is 1.42. The van der Waals surface area contributed by atoms with Crippen LogP contribution in [0.5, 0.6) is 0 Å². The molecule has 8 heteroatoms.